The molecule has 149 valence electrons. The predicted molar refractivity (Wildman–Crippen MR) is 110 cm³/mol. The summed E-state index contributed by atoms with van der Waals surface area (Å²) in [4.78, 5) is 0. The molecule has 1 aromatic carbocycles. The monoisotopic (exact) mass is 567 g/mol. The van der Waals surface area contributed by atoms with Gasteiger partial charge < -0.3 is 59.8 Å². The second-order valence-corrected chi connectivity index (χ2v) is 6.52. The van der Waals surface area contributed by atoms with E-state index in [0.717, 1.165) is 6.42 Å². The largest absolute Gasteiger partial charge is 1.00 e. The Kier molecular flexibility index (Phi) is 43.1. The van der Waals surface area contributed by atoms with Gasteiger partial charge in [-0.3, -0.25) is 0 Å². The molecule has 0 unspecified atom stereocenters. The van der Waals surface area contributed by atoms with Gasteiger partial charge in [0.1, 0.15) is 0 Å². The minimum atomic E-state index is 0. The zero-order chi connectivity index (χ0) is 13.4. The Hall–Kier alpha value is 0.167. The number of benzene rings is 1. The average molecular weight is 567 g/mol. The third-order valence-corrected chi connectivity index (χ3v) is 3.42. The van der Waals surface area contributed by atoms with E-state index in [-0.39, 0.29) is 85.9 Å². The van der Waals surface area contributed by atoms with E-state index in [0.29, 0.717) is 9.52 Å². The maximum absolute atomic E-state index is 4.51. The van der Waals surface area contributed by atoms with Gasteiger partial charge in [-0.2, -0.15) is 5.70 Å². The summed E-state index contributed by atoms with van der Waals surface area (Å²) in [5.74, 6) is 0. The van der Waals surface area contributed by atoms with Gasteiger partial charge in [-0.15, -0.1) is 5.54 Å². The molecule has 2 rings (SSSR count). The summed E-state index contributed by atoms with van der Waals surface area (Å²) < 4.78 is 0. The summed E-state index contributed by atoms with van der Waals surface area (Å²) in [5.41, 5.74) is 1.28. The van der Waals surface area contributed by atoms with Crippen molar-refractivity contribution >= 4 is 14.7 Å². The molecule has 1 aliphatic carbocycles. The number of nitrogens with zero attached hydrogens (tertiary/aromatic N) is 1. The third kappa shape index (κ3) is 24.2. The number of halogens is 2. The molecule has 0 heterocycles. The third-order valence-electron chi connectivity index (χ3n) is 2.36. The fraction of sp³-hybridized carbons (Fsp3) is 0.300. The summed E-state index contributed by atoms with van der Waals surface area (Å²) in [5, 5.41) is 6.00. The normalized spacial score (nSPS) is 9.84. The molecule has 0 aliphatic heterocycles. The van der Waals surface area contributed by atoms with Crippen LogP contribution >= 0.6 is 0 Å². The van der Waals surface area contributed by atoms with Crippen molar-refractivity contribution in [2.75, 3.05) is 0 Å². The van der Waals surface area contributed by atoms with Crippen LogP contribution in [0.3, 0.4) is 0 Å². The minimum absolute atomic E-state index is 0. The van der Waals surface area contributed by atoms with Crippen LogP contribution in [0.25, 0.3) is 5.32 Å². The Labute approximate surface area is 193 Å². The first kappa shape index (κ1) is 44.5. The predicted octanol–water partition coefficient (Wildman–Crippen LogP) is -0.394. The SMILES string of the molecule is CC(C)(C)[N-]C1=CC=CC1.C[SiH]c1ccccc1.[CH3-].[CH3-].[CH3-].[CH3-].[Cl-].[Cl-].[Hf]. The number of rotatable bonds is 2. The van der Waals surface area contributed by atoms with E-state index in [1.165, 1.54) is 10.9 Å². The van der Waals surface area contributed by atoms with Crippen LogP contribution in [-0.4, -0.2) is 15.1 Å². The topological polar surface area (TPSA) is 14.1 Å². The molecular formula is C20H35Cl2HfNSi-7. The van der Waals surface area contributed by atoms with Crippen LogP contribution in [-0.2, 0) is 25.8 Å². The van der Waals surface area contributed by atoms with Gasteiger partial charge in [0.2, 0.25) is 0 Å². The van der Waals surface area contributed by atoms with Gasteiger partial charge in [-0.1, -0.05) is 81.1 Å². The van der Waals surface area contributed by atoms with Gasteiger partial charge >= 0.3 is 0 Å². The Bertz CT molecular complexity index is 415. The summed E-state index contributed by atoms with van der Waals surface area (Å²) in [6, 6.07) is 10.6. The van der Waals surface area contributed by atoms with Crippen molar-refractivity contribution in [2.24, 2.45) is 0 Å². The molecule has 0 bridgehead atoms. The fourth-order valence-corrected chi connectivity index (χ4v) is 2.20. The van der Waals surface area contributed by atoms with Crippen LogP contribution in [0, 0.1) is 29.7 Å². The van der Waals surface area contributed by atoms with Crippen molar-refractivity contribution in [3.8, 4) is 0 Å². The van der Waals surface area contributed by atoms with E-state index in [4.69, 9.17) is 0 Å². The van der Waals surface area contributed by atoms with Gasteiger partial charge in [-0.25, -0.2) is 0 Å². The Balaban J connectivity index is -0.0000000409. The number of hydrogen-bond acceptors (Lipinski definition) is 0. The van der Waals surface area contributed by atoms with E-state index >= 15 is 0 Å². The van der Waals surface area contributed by atoms with Gasteiger partial charge in [0, 0.05) is 25.8 Å². The van der Waals surface area contributed by atoms with Gasteiger partial charge in [0.25, 0.3) is 0 Å². The first-order chi connectivity index (χ1) is 8.51. The Morgan fingerprint density at radius 3 is 1.68 bits per heavy atom. The standard InChI is InChI=1S/C9H14N.C7H9Si.4CH3.2ClH.Hf/c1-9(2,3)10-8-6-4-5-7-8;1-8-7-5-3-2-4-6-7;;;;;;;/h4-6H,7H2,1-3H3;2-6,8H,1H3;4*1H3;2*1H;/q-1;;4*-1;;;/p-2. The zero-order valence-corrected chi connectivity index (χ0v) is 23.4. The van der Waals surface area contributed by atoms with Crippen molar-refractivity contribution in [2.45, 2.75) is 39.3 Å². The molecule has 0 atom stereocenters. The van der Waals surface area contributed by atoms with Crippen molar-refractivity contribution in [1.29, 1.82) is 0 Å². The minimum Gasteiger partial charge on any atom is -1.00 e. The van der Waals surface area contributed by atoms with Crippen molar-refractivity contribution in [3.63, 3.8) is 0 Å². The van der Waals surface area contributed by atoms with Crippen molar-refractivity contribution in [3.05, 3.63) is 89.3 Å². The molecule has 1 nitrogen and oxygen atoms in total. The number of allylic oxidation sites excluding steroid dienone is 3. The van der Waals surface area contributed by atoms with Crippen molar-refractivity contribution < 1.29 is 50.7 Å². The molecule has 1 aromatic rings. The maximum Gasteiger partial charge on any atom is 0.0635 e. The first-order valence-corrected chi connectivity index (χ1v) is 8.17. The second kappa shape index (κ2) is 24.2. The smallest absolute Gasteiger partial charge is 0.0635 e. The summed E-state index contributed by atoms with van der Waals surface area (Å²) in [6.07, 6.45) is 7.28. The van der Waals surface area contributed by atoms with Crippen LogP contribution < -0.4 is 30.0 Å². The molecule has 0 amide bonds. The van der Waals surface area contributed by atoms with Gasteiger partial charge in [-0.05, 0) is 6.42 Å². The van der Waals surface area contributed by atoms with Crippen LogP contribution in [0.1, 0.15) is 27.2 Å². The van der Waals surface area contributed by atoms with Crippen LogP contribution in [0.5, 0.6) is 0 Å². The van der Waals surface area contributed by atoms with E-state index in [1.807, 2.05) is 0 Å². The number of hydrogen-bond donors (Lipinski definition) is 0. The zero-order valence-electron chi connectivity index (χ0n) is 17.1. The van der Waals surface area contributed by atoms with Crippen LogP contribution in [0.4, 0.5) is 0 Å². The molecule has 1 aliphatic rings. The average Bonchev–Trinajstić information content (AvgIpc) is 2.81. The molecule has 0 saturated carbocycles. The maximum atomic E-state index is 4.51. The molecule has 0 fully saturated rings. The molecule has 0 aromatic heterocycles. The molecule has 5 heteroatoms. The summed E-state index contributed by atoms with van der Waals surface area (Å²) in [7, 11) is 0.511. The molecular weight excluding hydrogens is 532 g/mol. The molecule has 25 heavy (non-hydrogen) atoms. The van der Waals surface area contributed by atoms with Gasteiger partial charge in [0.05, 0.1) is 9.52 Å². The fourth-order valence-electron chi connectivity index (χ4n) is 1.60. The summed E-state index contributed by atoms with van der Waals surface area (Å²) >= 11 is 0. The molecule has 0 saturated heterocycles. The Morgan fingerprint density at radius 1 is 0.920 bits per heavy atom. The first-order valence-electron chi connectivity index (χ1n) is 6.44. The molecule has 0 spiro atoms. The van der Waals surface area contributed by atoms with E-state index in [1.54, 1.807) is 0 Å². The van der Waals surface area contributed by atoms with E-state index in [2.05, 4.69) is 81.2 Å². The quantitative estimate of drug-likeness (QED) is 0.342. The van der Waals surface area contributed by atoms with E-state index < -0.39 is 0 Å². The Morgan fingerprint density at radius 2 is 1.40 bits per heavy atom. The van der Waals surface area contributed by atoms with E-state index in [9.17, 15) is 0 Å². The van der Waals surface area contributed by atoms with Crippen LogP contribution in [0.2, 0.25) is 6.55 Å². The van der Waals surface area contributed by atoms with Crippen LogP contribution in [0.15, 0.2) is 54.3 Å². The molecule has 0 N–H and O–H groups in total. The van der Waals surface area contributed by atoms with Crippen molar-refractivity contribution in [1.82, 2.24) is 0 Å². The summed E-state index contributed by atoms with van der Waals surface area (Å²) in [6.45, 7) is 8.60. The molecule has 1 radical (unpaired) electrons. The van der Waals surface area contributed by atoms with Gasteiger partial charge in [0.15, 0.2) is 0 Å². The second-order valence-electron chi connectivity index (χ2n) is 5.27.